The maximum absolute atomic E-state index is 3.41. The van der Waals surface area contributed by atoms with Crippen LogP contribution in [0.4, 0.5) is 0 Å². The topological polar surface area (TPSA) is 15.3 Å². The molecular formula is C15H24N2. The van der Waals surface area contributed by atoms with Crippen LogP contribution in [0.25, 0.3) is 0 Å². The number of hydrogen-bond acceptors (Lipinski definition) is 2. The molecule has 1 fully saturated rings. The minimum absolute atomic E-state index is 0.239. The van der Waals surface area contributed by atoms with Gasteiger partial charge in [0, 0.05) is 38.1 Å². The third-order valence-corrected chi connectivity index (χ3v) is 3.70. The molecule has 0 spiro atoms. The molecule has 1 heterocycles. The Kier molecular flexibility index (Phi) is 3.85. The van der Waals surface area contributed by atoms with Crippen molar-refractivity contribution < 1.29 is 0 Å². The molecule has 1 aromatic rings. The van der Waals surface area contributed by atoms with Crippen LogP contribution in [-0.4, -0.2) is 37.6 Å². The number of benzene rings is 1. The Labute approximate surface area is 105 Å². The van der Waals surface area contributed by atoms with Crippen molar-refractivity contribution in [2.75, 3.05) is 32.7 Å². The number of rotatable bonds is 3. The molecule has 0 radical (unpaired) electrons. The number of nitrogens with one attached hydrogen (secondary N) is 1. The van der Waals surface area contributed by atoms with Gasteiger partial charge in [0.2, 0.25) is 0 Å². The lowest BCUT2D eigenvalue weighted by molar-refractivity contribution is 0.199. The van der Waals surface area contributed by atoms with Crippen LogP contribution in [0.3, 0.4) is 0 Å². The molecule has 0 saturated carbocycles. The van der Waals surface area contributed by atoms with Crippen molar-refractivity contribution in [3.8, 4) is 0 Å². The van der Waals surface area contributed by atoms with Crippen LogP contribution in [0.15, 0.2) is 24.3 Å². The summed E-state index contributed by atoms with van der Waals surface area (Å²) in [5.41, 5.74) is 3.13. The molecule has 1 aliphatic heterocycles. The molecule has 2 heteroatoms. The van der Waals surface area contributed by atoms with Crippen molar-refractivity contribution in [2.24, 2.45) is 0 Å². The molecule has 0 aliphatic carbocycles. The SMILES string of the molecule is Cc1ccccc1C(C)(C)CN1CCNCC1. The largest absolute Gasteiger partial charge is 0.314 e. The fourth-order valence-electron chi connectivity index (χ4n) is 2.85. The number of aryl methyl sites for hydroxylation is 1. The predicted octanol–water partition coefficient (Wildman–Crippen LogP) is 2.18. The van der Waals surface area contributed by atoms with Gasteiger partial charge in [-0.05, 0) is 18.1 Å². The maximum Gasteiger partial charge on any atom is 0.0108 e. The van der Waals surface area contributed by atoms with Crippen molar-refractivity contribution >= 4 is 0 Å². The first-order valence-electron chi connectivity index (χ1n) is 6.59. The highest BCUT2D eigenvalue weighted by atomic mass is 15.2. The first kappa shape index (κ1) is 12.6. The molecule has 1 N–H and O–H groups in total. The van der Waals surface area contributed by atoms with Crippen LogP contribution in [0.2, 0.25) is 0 Å². The zero-order valence-electron chi connectivity index (χ0n) is 11.3. The molecule has 17 heavy (non-hydrogen) atoms. The lowest BCUT2D eigenvalue weighted by Gasteiger charge is -2.36. The summed E-state index contributed by atoms with van der Waals surface area (Å²) < 4.78 is 0. The van der Waals surface area contributed by atoms with E-state index >= 15 is 0 Å². The van der Waals surface area contributed by atoms with Gasteiger partial charge < -0.3 is 5.32 Å². The summed E-state index contributed by atoms with van der Waals surface area (Å²) in [6.45, 7) is 12.7. The second-order valence-electron chi connectivity index (χ2n) is 5.72. The molecule has 2 rings (SSSR count). The Morgan fingerprint density at radius 2 is 1.82 bits per heavy atom. The van der Waals surface area contributed by atoms with Crippen LogP contribution in [0.5, 0.6) is 0 Å². The van der Waals surface area contributed by atoms with Gasteiger partial charge in [-0.3, -0.25) is 4.90 Å². The Bertz CT molecular complexity index is 365. The molecule has 1 aliphatic rings. The van der Waals surface area contributed by atoms with E-state index in [0.29, 0.717) is 0 Å². The monoisotopic (exact) mass is 232 g/mol. The average Bonchev–Trinajstić information content (AvgIpc) is 2.30. The Morgan fingerprint density at radius 3 is 2.47 bits per heavy atom. The van der Waals surface area contributed by atoms with E-state index in [-0.39, 0.29) is 5.41 Å². The molecule has 0 bridgehead atoms. The van der Waals surface area contributed by atoms with E-state index < -0.39 is 0 Å². The molecule has 1 saturated heterocycles. The van der Waals surface area contributed by atoms with E-state index in [1.807, 2.05) is 0 Å². The van der Waals surface area contributed by atoms with Crippen molar-refractivity contribution in [1.82, 2.24) is 10.2 Å². The lowest BCUT2D eigenvalue weighted by atomic mass is 9.81. The molecule has 94 valence electrons. The Balaban J connectivity index is 2.10. The molecule has 0 aromatic heterocycles. The van der Waals surface area contributed by atoms with Gasteiger partial charge in [-0.2, -0.15) is 0 Å². The third kappa shape index (κ3) is 3.08. The normalized spacial score (nSPS) is 18.3. The number of piperazine rings is 1. The predicted molar refractivity (Wildman–Crippen MR) is 73.5 cm³/mol. The van der Waals surface area contributed by atoms with Gasteiger partial charge in [0.1, 0.15) is 0 Å². The van der Waals surface area contributed by atoms with Gasteiger partial charge in [0.15, 0.2) is 0 Å². The van der Waals surface area contributed by atoms with E-state index in [1.54, 1.807) is 0 Å². The van der Waals surface area contributed by atoms with E-state index in [0.717, 1.165) is 19.6 Å². The minimum Gasteiger partial charge on any atom is -0.314 e. The van der Waals surface area contributed by atoms with Crippen LogP contribution in [-0.2, 0) is 5.41 Å². The quantitative estimate of drug-likeness (QED) is 0.859. The van der Waals surface area contributed by atoms with Gasteiger partial charge in [-0.1, -0.05) is 38.1 Å². The van der Waals surface area contributed by atoms with E-state index in [1.165, 1.54) is 24.2 Å². The van der Waals surface area contributed by atoms with Crippen molar-refractivity contribution in [3.63, 3.8) is 0 Å². The van der Waals surface area contributed by atoms with Crippen molar-refractivity contribution in [3.05, 3.63) is 35.4 Å². The smallest absolute Gasteiger partial charge is 0.0108 e. The Hall–Kier alpha value is -0.860. The Morgan fingerprint density at radius 1 is 1.18 bits per heavy atom. The van der Waals surface area contributed by atoms with Crippen LogP contribution >= 0.6 is 0 Å². The molecule has 0 atom stereocenters. The summed E-state index contributed by atoms with van der Waals surface area (Å²) in [5, 5.41) is 3.41. The fraction of sp³-hybridized carbons (Fsp3) is 0.600. The standard InChI is InChI=1S/C15H24N2/c1-13-6-4-5-7-14(13)15(2,3)12-17-10-8-16-9-11-17/h4-7,16H,8-12H2,1-3H3. The summed E-state index contributed by atoms with van der Waals surface area (Å²) in [4.78, 5) is 2.57. The van der Waals surface area contributed by atoms with Gasteiger partial charge in [-0.15, -0.1) is 0 Å². The average molecular weight is 232 g/mol. The summed E-state index contributed by atoms with van der Waals surface area (Å²) in [5.74, 6) is 0. The van der Waals surface area contributed by atoms with Crippen LogP contribution < -0.4 is 5.32 Å². The van der Waals surface area contributed by atoms with Crippen LogP contribution in [0.1, 0.15) is 25.0 Å². The highest BCUT2D eigenvalue weighted by Crippen LogP contribution is 2.27. The maximum atomic E-state index is 3.41. The second-order valence-corrected chi connectivity index (χ2v) is 5.72. The summed E-state index contributed by atoms with van der Waals surface area (Å²) in [6, 6.07) is 8.77. The van der Waals surface area contributed by atoms with E-state index in [9.17, 15) is 0 Å². The summed E-state index contributed by atoms with van der Waals surface area (Å²) >= 11 is 0. The van der Waals surface area contributed by atoms with E-state index in [4.69, 9.17) is 0 Å². The van der Waals surface area contributed by atoms with Crippen molar-refractivity contribution in [1.29, 1.82) is 0 Å². The fourth-order valence-corrected chi connectivity index (χ4v) is 2.85. The first-order chi connectivity index (χ1) is 8.09. The molecular weight excluding hydrogens is 208 g/mol. The minimum atomic E-state index is 0.239. The van der Waals surface area contributed by atoms with Gasteiger partial charge in [-0.25, -0.2) is 0 Å². The van der Waals surface area contributed by atoms with E-state index in [2.05, 4.69) is 55.3 Å². The molecule has 1 aromatic carbocycles. The van der Waals surface area contributed by atoms with Gasteiger partial charge in [0.05, 0.1) is 0 Å². The zero-order chi connectivity index (χ0) is 12.3. The zero-order valence-corrected chi connectivity index (χ0v) is 11.3. The lowest BCUT2D eigenvalue weighted by Crippen LogP contribution is -2.48. The van der Waals surface area contributed by atoms with Gasteiger partial charge in [0.25, 0.3) is 0 Å². The summed E-state index contributed by atoms with van der Waals surface area (Å²) in [6.07, 6.45) is 0. The number of nitrogens with zero attached hydrogens (tertiary/aromatic N) is 1. The van der Waals surface area contributed by atoms with Gasteiger partial charge >= 0.3 is 0 Å². The third-order valence-electron chi connectivity index (χ3n) is 3.70. The highest BCUT2D eigenvalue weighted by molar-refractivity contribution is 5.32. The number of hydrogen-bond donors (Lipinski definition) is 1. The first-order valence-corrected chi connectivity index (χ1v) is 6.59. The second kappa shape index (κ2) is 5.19. The van der Waals surface area contributed by atoms with Crippen molar-refractivity contribution in [2.45, 2.75) is 26.2 Å². The molecule has 2 nitrogen and oxygen atoms in total. The molecule has 0 unspecified atom stereocenters. The highest BCUT2D eigenvalue weighted by Gasteiger charge is 2.25. The molecule has 0 amide bonds. The summed E-state index contributed by atoms with van der Waals surface area (Å²) in [7, 11) is 0. The van der Waals surface area contributed by atoms with Crippen LogP contribution in [0, 0.1) is 6.92 Å².